The highest BCUT2D eigenvalue weighted by Crippen LogP contribution is 2.31. The van der Waals surface area contributed by atoms with Gasteiger partial charge in [-0.2, -0.15) is 0 Å². The quantitative estimate of drug-likeness (QED) is 0.709. The van der Waals surface area contributed by atoms with Crippen molar-refractivity contribution >= 4 is 5.91 Å². The summed E-state index contributed by atoms with van der Waals surface area (Å²) in [5.41, 5.74) is 0.829. The van der Waals surface area contributed by atoms with Crippen molar-refractivity contribution in [2.24, 2.45) is 0 Å². The van der Waals surface area contributed by atoms with Crippen LogP contribution in [0, 0.1) is 0 Å². The van der Waals surface area contributed by atoms with Crippen molar-refractivity contribution in [3.63, 3.8) is 0 Å². The minimum Gasteiger partial charge on any atom is -0.490 e. The van der Waals surface area contributed by atoms with E-state index >= 15 is 0 Å². The molecule has 2 N–H and O–H groups in total. The fourth-order valence-corrected chi connectivity index (χ4v) is 3.04. The van der Waals surface area contributed by atoms with Crippen molar-refractivity contribution in [1.29, 1.82) is 0 Å². The lowest BCUT2D eigenvalue weighted by Gasteiger charge is -2.14. The summed E-state index contributed by atoms with van der Waals surface area (Å²) < 4.78 is 11.7. The fraction of sp³-hybridized carbons (Fsp3) is 0.429. The van der Waals surface area contributed by atoms with Gasteiger partial charge < -0.3 is 20.1 Å². The number of pyridine rings is 1. The molecule has 0 radical (unpaired) electrons. The first kappa shape index (κ1) is 19.2. The van der Waals surface area contributed by atoms with E-state index in [2.05, 4.69) is 22.5 Å². The van der Waals surface area contributed by atoms with Gasteiger partial charge >= 0.3 is 0 Å². The second-order valence-electron chi connectivity index (χ2n) is 6.64. The van der Waals surface area contributed by atoms with Gasteiger partial charge in [0.05, 0.1) is 6.61 Å². The van der Waals surface area contributed by atoms with Gasteiger partial charge in [0.2, 0.25) is 11.8 Å². The number of amides is 1. The summed E-state index contributed by atoms with van der Waals surface area (Å²) in [6.45, 7) is 4.07. The summed E-state index contributed by atoms with van der Waals surface area (Å²) >= 11 is 0. The van der Waals surface area contributed by atoms with Gasteiger partial charge in [-0.15, -0.1) is 0 Å². The molecule has 0 bridgehead atoms. The van der Waals surface area contributed by atoms with Crippen molar-refractivity contribution in [2.45, 2.75) is 45.2 Å². The van der Waals surface area contributed by atoms with Crippen molar-refractivity contribution in [2.75, 3.05) is 13.2 Å². The minimum absolute atomic E-state index is 0.0379. The zero-order chi connectivity index (χ0) is 18.9. The van der Waals surface area contributed by atoms with E-state index in [-0.39, 0.29) is 11.9 Å². The van der Waals surface area contributed by atoms with Crippen LogP contribution < -0.4 is 20.1 Å². The molecule has 6 heteroatoms. The van der Waals surface area contributed by atoms with Crippen LogP contribution in [-0.4, -0.2) is 30.1 Å². The zero-order valence-electron chi connectivity index (χ0n) is 15.7. The summed E-state index contributed by atoms with van der Waals surface area (Å²) in [6.07, 6.45) is 5.30. The number of ether oxygens (including phenoxy) is 2. The number of rotatable bonds is 9. The molecular formula is C21H27N3O3. The zero-order valence-corrected chi connectivity index (χ0v) is 15.7. The van der Waals surface area contributed by atoms with Gasteiger partial charge in [-0.3, -0.25) is 4.79 Å². The Balaban J connectivity index is 1.63. The molecule has 1 aromatic heterocycles. The topological polar surface area (TPSA) is 72.5 Å². The van der Waals surface area contributed by atoms with E-state index in [0.29, 0.717) is 37.0 Å². The maximum Gasteiger partial charge on any atom is 0.224 e. The van der Waals surface area contributed by atoms with Gasteiger partial charge in [-0.1, -0.05) is 25.1 Å². The number of carbonyl (C=O) groups is 1. The average molecular weight is 369 g/mol. The van der Waals surface area contributed by atoms with Gasteiger partial charge in [0.25, 0.3) is 0 Å². The third-order valence-corrected chi connectivity index (χ3v) is 4.44. The summed E-state index contributed by atoms with van der Waals surface area (Å²) in [4.78, 5) is 16.5. The number of hydrogen-bond donors (Lipinski definition) is 2. The SMILES string of the molecule is CCCOc1ccccc1Oc1ncccc1CNC(=O)CC1CCCN1. The molecule has 1 amide bonds. The van der Waals surface area contributed by atoms with Crippen LogP contribution in [0.3, 0.4) is 0 Å². The highest BCUT2D eigenvalue weighted by atomic mass is 16.5. The second-order valence-corrected chi connectivity index (χ2v) is 6.64. The maximum atomic E-state index is 12.2. The van der Waals surface area contributed by atoms with Crippen LogP contribution in [0.25, 0.3) is 0 Å². The first-order valence-electron chi connectivity index (χ1n) is 9.60. The lowest BCUT2D eigenvalue weighted by Crippen LogP contribution is -2.31. The highest BCUT2D eigenvalue weighted by molar-refractivity contribution is 5.76. The largest absolute Gasteiger partial charge is 0.490 e. The molecule has 2 heterocycles. The molecule has 1 atom stereocenters. The van der Waals surface area contributed by atoms with Gasteiger partial charge in [0, 0.05) is 30.8 Å². The van der Waals surface area contributed by atoms with Crippen LogP contribution in [0.15, 0.2) is 42.6 Å². The third-order valence-electron chi connectivity index (χ3n) is 4.44. The van der Waals surface area contributed by atoms with Crippen LogP contribution in [0.1, 0.15) is 38.2 Å². The van der Waals surface area contributed by atoms with E-state index in [1.165, 1.54) is 0 Å². The molecule has 6 nitrogen and oxygen atoms in total. The van der Waals surface area contributed by atoms with Crippen LogP contribution in [0.2, 0.25) is 0 Å². The maximum absolute atomic E-state index is 12.2. The monoisotopic (exact) mass is 369 g/mol. The van der Waals surface area contributed by atoms with E-state index in [9.17, 15) is 4.79 Å². The number of hydrogen-bond acceptors (Lipinski definition) is 5. The number of para-hydroxylation sites is 2. The number of nitrogens with one attached hydrogen (secondary N) is 2. The molecule has 3 rings (SSSR count). The van der Waals surface area contributed by atoms with Crippen molar-refractivity contribution in [3.05, 3.63) is 48.2 Å². The minimum atomic E-state index is 0.0379. The van der Waals surface area contributed by atoms with Crippen molar-refractivity contribution < 1.29 is 14.3 Å². The molecular weight excluding hydrogens is 342 g/mol. The molecule has 1 unspecified atom stereocenters. The van der Waals surface area contributed by atoms with Gasteiger partial charge in [0.1, 0.15) is 0 Å². The molecule has 0 spiro atoms. The summed E-state index contributed by atoms with van der Waals surface area (Å²) in [5, 5.41) is 6.31. The Labute approximate surface area is 160 Å². The summed E-state index contributed by atoms with van der Waals surface area (Å²) in [5.74, 6) is 1.82. The van der Waals surface area contributed by atoms with Crippen molar-refractivity contribution in [1.82, 2.24) is 15.6 Å². The first-order chi connectivity index (χ1) is 13.3. The van der Waals surface area contributed by atoms with Crippen molar-refractivity contribution in [3.8, 4) is 17.4 Å². The molecule has 1 fully saturated rings. The third kappa shape index (κ3) is 5.69. The first-order valence-corrected chi connectivity index (χ1v) is 9.60. The van der Waals surface area contributed by atoms with E-state index in [1.807, 2.05) is 36.4 Å². The Morgan fingerprint density at radius 2 is 2.11 bits per heavy atom. The molecule has 2 aromatic rings. The molecule has 144 valence electrons. The second kappa shape index (κ2) is 9.92. The number of benzene rings is 1. The van der Waals surface area contributed by atoms with Crippen LogP contribution in [0.5, 0.6) is 17.4 Å². The smallest absolute Gasteiger partial charge is 0.224 e. The van der Waals surface area contributed by atoms with E-state index in [1.54, 1.807) is 6.20 Å². The molecule has 0 aliphatic carbocycles. The Morgan fingerprint density at radius 3 is 2.89 bits per heavy atom. The molecule has 0 saturated carbocycles. The van der Waals surface area contributed by atoms with Crippen LogP contribution in [0.4, 0.5) is 0 Å². The Morgan fingerprint density at radius 1 is 1.26 bits per heavy atom. The molecule has 27 heavy (non-hydrogen) atoms. The fourth-order valence-electron chi connectivity index (χ4n) is 3.04. The van der Waals surface area contributed by atoms with Gasteiger partial charge in [-0.05, 0) is 44.0 Å². The lowest BCUT2D eigenvalue weighted by atomic mass is 10.1. The molecule has 1 aromatic carbocycles. The lowest BCUT2D eigenvalue weighted by molar-refractivity contribution is -0.121. The number of aromatic nitrogens is 1. The number of carbonyl (C=O) groups excluding carboxylic acids is 1. The van der Waals surface area contributed by atoms with Gasteiger partial charge in [-0.25, -0.2) is 4.98 Å². The van der Waals surface area contributed by atoms with Gasteiger partial charge in [0.15, 0.2) is 11.5 Å². The summed E-state index contributed by atoms with van der Waals surface area (Å²) in [6, 6.07) is 11.6. The summed E-state index contributed by atoms with van der Waals surface area (Å²) in [7, 11) is 0. The Bertz CT molecular complexity index is 745. The van der Waals surface area contributed by atoms with E-state index in [4.69, 9.17) is 9.47 Å². The normalized spacial score (nSPS) is 16.1. The highest BCUT2D eigenvalue weighted by Gasteiger charge is 2.18. The van der Waals surface area contributed by atoms with E-state index in [0.717, 1.165) is 31.4 Å². The molecule has 1 aliphatic rings. The van der Waals surface area contributed by atoms with Crippen LogP contribution in [-0.2, 0) is 11.3 Å². The van der Waals surface area contributed by atoms with E-state index < -0.39 is 0 Å². The van der Waals surface area contributed by atoms with Crippen LogP contribution >= 0.6 is 0 Å². The standard InChI is InChI=1S/C21H27N3O3/c1-2-13-26-18-9-3-4-10-19(18)27-21-16(7-5-12-23-21)15-24-20(25)14-17-8-6-11-22-17/h3-5,7,9-10,12,17,22H,2,6,8,11,13-15H2,1H3,(H,24,25). The Hall–Kier alpha value is -2.60. The molecule has 1 saturated heterocycles. The predicted octanol–water partition coefficient (Wildman–Crippen LogP) is 3.42. The average Bonchev–Trinajstić information content (AvgIpc) is 3.19. The molecule has 1 aliphatic heterocycles. The predicted molar refractivity (Wildman–Crippen MR) is 104 cm³/mol. The Kier molecular flexibility index (Phi) is 7.04. The number of nitrogens with zero attached hydrogens (tertiary/aromatic N) is 1.